The van der Waals surface area contributed by atoms with Crippen LogP contribution in [0.25, 0.3) is 0 Å². The highest BCUT2D eigenvalue weighted by Crippen LogP contribution is 2.09. The number of methoxy groups -OCH3 is 1. The Balaban J connectivity index is 1.93. The van der Waals surface area contributed by atoms with Crippen LogP contribution in [0.2, 0.25) is 0 Å². The molecule has 0 aliphatic heterocycles. The maximum Gasteiger partial charge on any atom is 0.408 e. The summed E-state index contributed by atoms with van der Waals surface area (Å²) in [5, 5.41) is 2.49. The van der Waals surface area contributed by atoms with E-state index >= 15 is 0 Å². The van der Waals surface area contributed by atoms with Gasteiger partial charge >= 0.3 is 18.0 Å². The molecule has 30 heavy (non-hydrogen) atoms. The molecule has 0 aliphatic carbocycles. The minimum absolute atomic E-state index is 0.0142. The molecule has 0 fully saturated rings. The molecule has 162 valence electrons. The van der Waals surface area contributed by atoms with Gasteiger partial charge in [-0.3, -0.25) is 4.79 Å². The molecular formula is C21H27N3O6. The van der Waals surface area contributed by atoms with Crippen molar-refractivity contribution in [3.63, 3.8) is 0 Å². The summed E-state index contributed by atoms with van der Waals surface area (Å²) >= 11 is 0. The van der Waals surface area contributed by atoms with E-state index in [4.69, 9.17) is 14.2 Å². The van der Waals surface area contributed by atoms with Crippen LogP contribution in [0, 0.1) is 0 Å². The Morgan fingerprint density at radius 3 is 2.50 bits per heavy atom. The number of hydrogen-bond donors (Lipinski definition) is 1. The molecule has 0 unspecified atom stereocenters. The highest BCUT2D eigenvalue weighted by Gasteiger charge is 2.24. The van der Waals surface area contributed by atoms with Gasteiger partial charge < -0.3 is 24.1 Å². The van der Waals surface area contributed by atoms with Gasteiger partial charge in [0.2, 0.25) is 0 Å². The van der Waals surface area contributed by atoms with Crippen molar-refractivity contribution in [1.82, 2.24) is 14.9 Å². The van der Waals surface area contributed by atoms with E-state index in [9.17, 15) is 14.4 Å². The molecule has 1 aromatic carbocycles. The molecule has 0 spiro atoms. The van der Waals surface area contributed by atoms with E-state index in [1.54, 1.807) is 31.5 Å². The number of hydrogen-bond acceptors (Lipinski definition) is 7. The first-order valence-electron chi connectivity index (χ1n) is 9.44. The van der Waals surface area contributed by atoms with Crippen LogP contribution in [-0.2, 0) is 43.4 Å². The zero-order valence-electron chi connectivity index (χ0n) is 17.6. The molecule has 0 saturated heterocycles. The number of benzene rings is 1. The highest BCUT2D eigenvalue weighted by atomic mass is 16.6. The summed E-state index contributed by atoms with van der Waals surface area (Å²) in [6.07, 6.45) is 2.40. The predicted octanol–water partition coefficient (Wildman–Crippen LogP) is 2.24. The number of nitrogens with one attached hydrogen (secondary N) is 1. The van der Waals surface area contributed by atoms with Gasteiger partial charge in [0, 0.05) is 12.6 Å². The number of alkyl carbamates (subject to hydrolysis) is 1. The normalized spacial score (nSPS) is 12.0. The van der Waals surface area contributed by atoms with Crippen LogP contribution >= 0.6 is 0 Å². The predicted molar refractivity (Wildman–Crippen MR) is 107 cm³/mol. The van der Waals surface area contributed by atoms with Gasteiger partial charge in [0.25, 0.3) is 0 Å². The topological polar surface area (TPSA) is 109 Å². The van der Waals surface area contributed by atoms with Crippen LogP contribution < -0.4 is 5.32 Å². The van der Waals surface area contributed by atoms with Gasteiger partial charge in [-0.05, 0) is 26.3 Å². The number of rotatable bonds is 8. The van der Waals surface area contributed by atoms with Crippen LogP contribution in [0.5, 0.6) is 0 Å². The molecule has 9 heteroatoms. The maximum atomic E-state index is 12.1. The third kappa shape index (κ3) is 7.94. The third-order valence-electron chi connectivity index (χ3n) is 3.82. The van der Waals surface area contributed by atoms with Crippen LogP contribution in [0.4, 0.5) is 4.79 Å². The third-order valence-corrected chi connectivity index (χ3v) is 3.82. The molecule has 2 rings (SSSR count). The molecule has 2 aromatic rings. The Morgan fingerprint density at radius 1 is 1.17 bits per heavy atom. The first-order valence-corrected chi connectivity index (χ1v) is 9.44. The molecule has 9 nitrogen and oxygen atoms in total. The molecule has 0 radical (unpaired) electrons. The molecule has 1 atom stereocenters. The SMILES string of the molecule is COC(=O)[C@H](Cc1cn(CC(=O)OC(C)(C)C)cn1)NC(=O)OCc1ccccc1. The highest BCUT2D eigenvalue weighted by molar-refractivity contribution is 5.81. The first kappa shape index (κ1) is 22.9. The summed E-state index contributed by atoms with van der Waals surface area (Å²) in [5.74, 6) is -1.04. The monoisotopic (exact) mass is 417 g/mol. The smallest absolute Gasteiger partial charge is 0.408 e. The number of carbonyl (C=O) groups is 3. The minimum Gasteiger partial charge on any atom is -0.467 e. The number of imidazole rings is 1. The van der Waals surface area contributed by atoms with Gasteiger partial charge in [-0.2, -0.15) is 0 Å². The fourth-order valence-corrected chi connectivity index (χ4v) is 2.57. The summed E-state index contributed by atoms with van der Waals surface area (Å²) < 4.78 is 16.7. The average Bonchev–Trinajstić information content (AvgIpc) is 3.11. The molecule has 1 heterocycles. The number of carbonyl (C=O) groups excluding carboxylic acids is 3. The van der Waals surface area contributed by atoms with Crippen LogP contribution in [0.15, 0.2) is 42.9 Å². The second kappa shape index (κ2) is 10.4. The Labute approximate surface area is 175 Å². The molecule has 1 aromatic heterocycles. The zero-order valence-corrected chi connectivity index (χ0v) is 17.6. The van der Waals surface area contributed by atoms with Crippen LogP contribution in [0.1, 0.15) is 32.0 Å². The van der Waals surface area contributed by atoms with Gasteiger partial charge in [0.1, 0.15) is 24.8 Å². The molecule has 0 bridgehead atoms. The molecule has 1 amide bonds. The van der Waals surface area contributed by atoms with E-state index in [1.165, 1.54) is 13.4 Å². The summed E-state index contributed by atoms with van der Waals surface area (Å²) in [4.78, 5) is 40.3. The number of aromatic nitrogens is 2. The Hall–Kier alpha value is -3.36. The lowest BCUT2D eigenvalue weighted by molar-refractivity contribution is -0.155. The molecule has 1 N–H and O–H groups in total. The van der Waals surface area contributed by atoms with E-state index in [-0.39, 0.29) is 19.6 Å². The summed E-state index contributed by atoms with van der Waals surface area (Å²) in [5.41, 5.74) is 0.737. The number of amides is 1. The molecule has 0 saturated carbocycles. The zero-order chi connectivity index (χ0) is 22.1. The number of nitrogens with zero attached hydrogens (tertiary/aromatic N) is 2. The quantitative estimate of drug-likeness (QED) is 0.518. The molecule has 0 aliphatic rings. The van der Waals surface area contributed by atoms with E-state index < -0.39 is 29.7 Å². The standard InChI is InChI=1S/C21H27N3O6/c1-21(2,3)30-18(25)12-24-11-16(22-14-24)10-17(19(26)28-4)23-20(27)29-13-15-8-6-5-7-9-15/h5-9,11,14,17H,10,12-13H2,1-4H3,(H,23,27)/t17-/m0/s1. The Bertz CT molecular complexity index is 857. The van der Waals surface area contributed by atoms with Crippen molar-refractivity contribution >= 4 is 18.0 Å². The molecular weight excluding hydrogens is 390 g/mol. The summed E-state index contributed by atoms with van der Waals surface area (Å²) in [6, 6.07) is 8.19. The van der Waals surface area contributed by atoms with Crippen molar-refractivity contribution in [3.05, 3.63) is 54.1 Å². The number of esters is 2. The van der Waals surface area contributed by atoms with Gasteiger partial charge in [-0.15, -0.1) is 0 Å². The van der Waals surface area contributed by atoms with Crippen molar-refractivity contribution in [1.29, 1.82) is 0 Å². The number of ether oxygens (including phenoxy) is 3. The van der Waals surface area contributed by atoms with Gasteiger partial charge in [0.15, 0.2) is 0 Å². The maximum absolute atomic E-state index is 12.1. The minimum atomic E-state index is -0.983. The van der Waals surface area contributed by atoms with E-state index in [2.05, 4.69) is 10.3 Å². The fraction of sp³-hybridized carbons (Fsp3) is 0.429. The first-order chi connectivity index (χ1) is 14.2. The Kier molecular flexibility index (Phi) is 7.97. The summed E-state index contributed by atoms with van der Waals surface area (Å²) in [6.45, 7) is 5.42. The van der Waals surface area contributed by atoms with Crippen molar-refractivity contribution < 1.29 is 28.6 Å². The summed E-state index contributed by atoms with van der Waals surface area (Å²) in [7, 11) is 1.23. The fourth-order valence-electron chi connectivity index (χ4n) is 2.57. The van der Waals surface area contributed by atoms with Gasteiger partial charge in [-0.1, -0.05) is 30.3 Å². The average molecular weight is 417 g/mol. The Morgan fingerprint density at radius 2 is 1.87 bits per heavy atom. The van der Waals surface area contributed by atoms with Crippen molar-refractivity contribution in [2.45, 2.75) is 52.0 Å². The van der Waals surface area contributed by atoms with Gasteiger partial charge in [0.05, 0.1) is 19.1 Å². The van der Waals surface area contributed by atoms with Crippen molar-refractivity contribution in [3.8, 4) is 0 Å². The largest absolute Gasteiger partial charge is 0.467 e. The van der Waals surface area contributed by atoms with Gasteiger partial charge in [-0.25, -0.2) is 14.6 Å². The second-order valence-corrected chi connectivity index (χ2v) is 7.61. The second-order valence-electron chi connectivity index (χ2n) is 7.61. The lowest BCUT2D eigenvalue weighted by Crippen LogP contribution is -2.43. The van der Waals surface area contributed by atoms with Crippen LogP contribution in [-0.4, -0.2) is 46.3 Å². The van der Waals surface area contributed by atoms with E-state index in [0.717, 1.165) is 5.56 Å². The van der Waals surface area contributed by atoms with Crippen molar-refractivity contribution in [2.24, 2.45) is 0 Å². The van der Waals surface area contributed by atoms with E-state index in [1.807, 2.05) is 30.3 Å². The van der Waals surface area contributed by atoms with E-state index in [0.29, 0.717) is 5.69 Å². The lowest BCUT2D eigenvalue weighted by atomic mass is 10.1. The lowest BCUT2D eigenvalue weighted by Gasteiger charge is -2.19. The van der Waals surface area contributed by atoms with Crippen LogP contribution in [0.3, 0.4) is 0 Å². The van der Waals surface area contributed by atoms with Crippen molar-refractivity contribution in [2.75, 3.05) is 7.11 Å².